The highest BCUT2D eigenvalue weighted by molar-refractivity contribution is 7.18. The summed E-state index contributed by atoms with van der Waals surface area (Å²) in [6, 6.07) is 19.3. The number of hydrogen-bond acceptors (Lipinski definition) is 6. The number of anilines is 1. The van der Waals surface area contributed by atoms with Gasteiger partial charge in [0.25, 0.3) is 0 Å². The van der Waals surface area contributed by atoms with E-state index < -0.39 is 11.9 Å². The third kappa shape index (κ3) is 5.84. The summed E-state index contributed by atoms with van der Waals surface area (Å²) >= 11 is 1.03. The van der Waals surface area contributed by atoms with Crippen molar-refractivity contribution in [1.82, 2.24) is 0 Å². The Morgan fingerprint density at radius 3 is 2.50 bits per heavy atom. The van der Waals surface area contributed by atoms with Crippen molar-refractivity contribution in [3.05, 3.63) is 87.8 Å². The maximum absolute atomic E-state index is 12.4. The van der Waals surface area contributed by atoms with Crippen LogP contribution in [0.1, 0.15) is 38.8 Å². The first-order chi connectivity index (χ1) is 15.5. The first kappa shape index (κ1) is 22.8. The van der Waals surface area contributed by atoms with Crippen LogP contribution >= 0.6 is 11.3 Å². The Kier molecular flexibility index (Phi) is 7.79. The van der Waals surface area contributed by atoms with Crippen LogP contribution in [0, 0.1) is 18.3 Å². The summed E-state index contributed by atoms with van der Waals surface area (Å²) in [5.74, 6) is -0.172. The highest BCUT2D eigenvalue weighted by Crippen LogP contribution is 2.33. The van der Waals surface area contributed by atoms with Crippen LogP contribution in [0.5, 0.6) is 5.75 Å². The number of nitriles is 1. The van der Waals surface area contributed by atoms with Crippen LogP contribution in [0.3, 0.4) is 0 Å². The number of ether oxygens (including phenoxy) is 2. The van der Waals surface area contributed by atoms with Crippen LogP contribution in [-0.4, -0.2) is 18.5 Å². The molecule has 7 heteroatoms. The Bertz CT molecular complexity index is 1160. The van der Waals surface area contributed by atoms with Crippen LogP contribution in [0.15, 0.2) is 60.7 Å². The minimum absolute atomic E-state index is 0.235. The molecule has 32 heavy (non-hydrogen) atoms. The molecule has 0 unspecified atom stereocenters. The van der Waals surface area contributed by atoms with Crippen molar-refractivity contribution >= 4 is 34.3 Å². The Morgan fingerprint density at radius 2 is 1.84 bits per heavy atom. The van der Waals surface area contributed by atoms with Gasteiger partial charge in [-0.1, -0.05) is 42.5 Å². The van der Waals surface area contributed by atoms with E-state index in [9.17, 15) is 14.9 Å². The number of hydrogen-bond donors (Lipinski definition) is 1. The largest absolute Gasteiger partial charge is 0.489 e. The fraction of sp³-hybridized carbons (Fsp3) is 0.160. The summed E-state index contributed by atoms with van der Waals surface area (Å²) < 4.78 is 10.8. The summed E-state index contributed by atoms with van der Waals surface area (Å²) in [6.45, 7) is 4.09. The molecule has 6 nitrogen and oxygen atoms in total. The molecular formula is C25H22N2O4S. The van der Waals surface area contributed by atoms with E-state index >= 15 is 0 Å². The highest BCUT2D eigenvalue weighted by Gasteiger charge is 2.21. The topological polar surface area (TPSA) is 88.4 Å². The van der Waals surface area contributed by atoms with Crippen molar-refractivity contribution in [3.63, 3.8) is 0 Å². The van der Waals surface area contributed by atoms with E-state index in [0.717, 1.165) is 28.2 Å². The molecule has 3 aromatic rings. The zero-order chi connectivity index (χ0) is 22.9. The molecule has 0 aliphatic heterocycles. The Morgan fingerprint density at radius 1 is 1.12 bits per heavy atom. The number of nitrogens with zero attached hydrogens (tertiary/aromatic N) is 1. The molecule has 0 spiro atoms. The molecule has 2 aromatic carbocycles. The van der Waals surface area contributed by atoms with Gasteiger partial charge in [-0.25, -0.2) is 4.79 Å². The van der Waals surface area contributed by atoms with Gasteiger partial charge in [0.1, 0.15) is 28.3 Å². The van der Waals surface area contributed by atoms with E-state index in [4.69, 9.17) is 9.47 Å². The quantitative estimate of drug-likeness (QED) is 0.373. The molecule has 0 fully saturated rings. The average Bonchev–Trinajstić information content (AvgIpc) is 3.12. The molecule has 1 N–H and O–H groups in total. The normalized spacial score (nSPS) is 10.5. The van der Waals surface area contributed by atoms with Gasteiger partial charge >= 0.3 is 5.97 Å². The van der Waals surface area contributed by atoms with Crippen LogP contribution in [0.2, 0.25) is 0 Å². The van der Waals surface area contributed by atoms with Gasteiger partial charge in [0.05, 0.1) is 12.2 Å². The number of esters is 1. The van der Waals surface area contributed by atoms with Crippen LogP contribution in [0.4, 0.5) is 5.00 Å². The lowest BCUT2D eigenvalue weighted by Gasteiger charge is -2.06. The molecule has 3 rings (SSSR count). The van der Waals surface area contributed by atoms with E-state index in [0.29, 0.717) is 22.0 Å². The predicted octanol–water partition coefficient (Wildman–Crippen LogP) is 5.34. The summed E-state index contributed by atoms with van der Waals surface area (Å²) in [6.07, 6.45) is 3.04. The number of benzene rings is 2. The van der Waals surface area contributed by atoms with Gasteiger partial charge in [0.15, 0.2) is 0 Å². The molecule has 0 aliphatic rings. The fourth-order valence-electron chi connectivity index (χ4n) is 2.87. The summed E-state index contributed by atoms with van der Waals surface area (Å²) in [5, 5.41) is 12.4. The molecule has 0 radical (unpaired) electrons. The molecule has 0 aliphatic carbocycles. The van der Waals surface area contributed by atoms with Crippen LogP contribution in [-0.2, 0) is 16.1 Å². The standard InChI is InChI=1S/C25H22N2O4S/c1-3-30-25(29)23-17(2)21(15-26)24(32-23)27-22(28)14-11-18-9-12-20(13-10-18)31-16-19-7-5-4-6-8-19/h4-14H,3,16H2,1-2H3,(H,27,28)/b14-11+. The first-order valence-electron chi connectivity index (χ1n) is 9.98. The minimum atomic E-state index is -0.503. The van der Waals surface area contributed by atoms with Crippen LogP contribution < -0.4 is 10.1 Å². The third-order valence-corrected chi connectivity index (χ3v) is 5.70. The fourth-order valence-corrected chi connectivity index (χ4v) is 3.92. The number of rotatable bonds is 8. The lowest BCUT2D eigenvalue weighted by molar-refractivity contribution is -0.111. The molecule has 0 bridgehead atoms. The molecule has 162 valence electrons. The molecular weight excluding hydrogens is 424 g/mol. The van der Waals surface area contributed by atoms with Gasteiger partial charge in [-0.15, -0.1) is 11.3 Å². The van der Waals surface area contributed by atoms with Crippen molar-refractivity contribution in [1.29, 1.82) is 5.26 Å². The van der Waals surface area contributed by atoms with Gasteiger partial charge < -0.3 is 14.8 Å². The number of amides is 1. The monoisotopic (exact) mass is 446 g/mol. The second-order valence-electron chi connectivity index (χ2n) is 6.76. The van der Waals surface area contributed by atoms with Crippen molar-refractivity contribution in [2.75, 3.05) is 11.9 Å². The Labute approximate surface area is 190 Å². The molecule has 0 atom stereocenters. The Balaban J connectivity index is 1.61. The average molecular weight is 447 g/mol. The molecule has 0 saturated carbocycles. The van der Waals surface area contributed by atoms with Crippen molar-refractivity contribution < 1.29 is 19.1 Å². The van der Waals surface area contributed by atoms with Gasteiger partial charge in [0, 0.05) is 6.08 Å². The van der Waals surface area contributed by atoms with Gasteiger partial charge in [-0.3, -0.25) is 4.79 Å². The minimum Gasteiger partial charge on any atom is -0.489 e. The highest BCUT2D eigenvalue weighted by atomic mass is 32.1. The summed E-state index contributed by atoms with van der Waals surface area (Å²) in [7, 11) is 0. The smallest absolute Gasteiger partial charge is 0.348 e. The molecule has 1 amide bonds. The molecule has 0 saturated heterocycles. The molecule has 1 aromatic heterocycles. The van der Waals surface area contributed by atoms with E-state index in [1.165, 1.54) is 6.08 Å². The van der Waals surface area contributed by atoms with Crippen molar-refractivity contribution in [2.24, 2.45) is 0 Å². The maximum Gasteiger partial charge on any atom is 0.348 e. The summed E-state index contributed by atoms with van der Waals surface area (Å²) in [4.78, 5) is 24.7. The number of nitrogens with one attached hydrogen (secondary N) is 1. The summed E-state index contributed by atoms with van der Waals surface area (Å²) in [5.41, 5.74) is 2.67. The zero-order valence-electron chi connectivity index (χ0n) is 17.8. The lowest BCUT2D eigenvalue weighted by Crippen LogP contribution is -2.07. The van der Waals surface area contributed by atoms with Crippen molar-refractivity contribution in [2.45, 2.75) is 20.5 Å². The second-order valence-corrected chi connectivity index (χ2v) is 7.78. The van der Waals surface area contributed by atoms with Crippen molar-refractivity contribution in [3.8, 4) is 11.8 Å². The van der Waals surface area contributed by atoms with Gasteiger partial charge in [0.2, 0.25) is 5.91 Å². The zero-order valence-corrected chi connectivity index (χ0v) is 18.6. The first-order valence-corrected chi connectivity index (χ1v) is 10.8. The third-order valence-electron chi connectivity index (χ3n) is 4.51. The van der Waals surface area contributed by atoms with E-state index in [1.54, 1.807) is 19.9 Å². The lowest BCUT2D eigenvalue weighted by atomic mass is 10.1. The maximum atomic E-state index is 12.4. The number of thiophene rings is 1. The number of carbonyl (C=O) groups excluding carboxylic acids is 2. The van der Waals surface area contributed by atoms with E-state index in [-0.39, 0.29) is 12.2 Å². The molecule has 1 heterocycles. The van der Waals surface area contributed by atoms with E-state index in [2.05, 4.69) is 5.32 Å². The SMILES string of the molecule is CCOC(=O)c1sc(NC(=O)/C=C/c2ccc(OCc3ccccc3)cc2)c(C#N)c1C. The van der Waals surface area contributed by atoms with E-state index in [1.807, 2.05) is 60.7 Å². The van der Waals surface area contributed by atoms with Gasteiger partial charge in [-0.2, -0.15) is 5.26 Å². The predicted molar refractivity (Wildman–Crippen MR) is 125 cm³/mol. The van der Waals surface area contributed by atoms with Crippen LogP contribution in [0.25, 0.3) is 6.08 Å². The Hall–Kier alpha value is -3.89. The number of carbonyl (C=O) groups is 2. The van der Waals surface area contributed by atoms with Gasteiger partial charge in [-0.05, 0) is 48.7 Å². The second kappa shape index (κ2) is 10.9.